The van der Waals surface area contributed by atoms with Crippen molar-refractivity contribution in [1.82, 2.24) is 9.97 Å². The summed E-state index contributed by atoms with van der Waals surface area (Å²) < 4.78 is 0. The second-order valence-corrected chi connectivity index (χ2v) is 9.83. The average molecular weight is 483 g/mol. The van der Waals surface area contributed by atoms with Crippen LogP contribution in [-0.4, -0.2) is 9.97 Å². The first-order valence-corrected chi connectivity index (χ1v) is 12.9. The fourth-order valence-corrected chi connectivity index (χ4v) is 5.95. The van der Waals surface area contributed by atoms with Gasteiger partial charge in [0.1, 0.15) is 0 Å². The van der Waals surface area contributed by atoms with E-state index in [4.69, 9.17) is 9.97 Å². The molecule has 7 aromatic carbocycles. The number of fused-ring (bicyclic) bond motifs is 9. The van der Waals surface area contributed by atoms with Crippen LogP contribution in [0.4, 0.5) is 0 Å². The molecule has 2 heteroatoms. The topological polar surface area (TPSA) is 25.8 Å². The van der Waals surface area contributed by atoms with Crippen LogP contribution in [0.25, 0.3) is 76.4 Å². The highest BCUT2D eigenvalue weighted by Gasteiger charge is 2.12. The molecule has 0 saturated heterocycles. The Morgan fingerprint density at radius 3 is 1.63 bits per heavy atom. The second-order valence-electron chi connectivity index (χ2n) is 9.83. The molecule has 0 spiro atoms. The van der Waals surface area contributed by atoms with Crippen molar-refractivity contribution in [2.24, 2.45) is 0 Å². The Morgan fingerprint density at radius 1 is 0.342 bits per heavy atom. The molecule has 0 aliphatic carbocycles. The molecule has 38 heavy (non-hydrogen) atoms. The molecule has 0 unspecified atom stereocenters. The predicted octanol–water partition coefficient (Wildman–Crippen LogP) is 9.58. The molecule has 8 rings (SSSR count). The third-order valence-corrected chi connectivity index (χ3v) is 7.74. The van der Waals surface area contributed by atoms with Gasteiger partial charge in [0.05, 0.1) is 11.0 Å². The molecule has 0 amide bonds. The van der Waals surface area contributed by atoms with Crippen LogP contribution < -0.4 is 0 Å². The van der Waals surface area contributed by atoms with Gasteiger partial charge in [0, 0.05) is 23.2 Å². The van der Waals surface area contributed by atoms with E-state index in [1.54, 1.807) is 12.4 Å². The van der Waals surface area contributed by atoms with Crippen molar-refractivity contribution < 1.29 is 0 Å². The Labute approximate surface area is 219 Å². The first-order chi connectivity index (χ1) is 18.8. The number of rotatable bonds is 2. The number of benzene rings is 7. The van der Waals surface area contributed by atoms with E-state index in [-0.39, 0.29) is 0 Å². The monoisotopic (exact) mass is 482 g/mol. The summed E-state index contributed by atoms with van der Waals surface area (Å²) >= 11 is 0. The quantitative estimate of drug-likeness (QED) is 0.229. The molecular weight excluding hydrogens is 460 g/mol. The summed E-state index contributed by atoms with van der Waals surface area (Å²) in [4.78, 5) is 9.43. The van der Waals surface area contributed by atoms with Gasteiger partial charge < -0.3 is 0 Å². The zero-order chi connectivity index (χ0) is 25.1. The van der Waals surface area contributed by atoms with E-state index in [0.29, 0.717) is 0 Å². The molecule has 0 radical (unpaired) electrons. The van der Waals surface area contributed by atoms with Crippen molar-refractivity contribution in [1.29, 1.82) is 0 Å². The lowest BCUT2D eigenvalue weighted by molar-refractivity contribution is 1.31. The molecule has 0 aliphatic heterocycles. The van der Waals surface area contributed by atoms with Crippen molar-refractivity contribution in [3.8, 4) is 22.3 Å². The summed E-state index contributed by atoms with van der Waals surface area (Å²) in [5, 5.41) is 9.82. The fraction of sp³-hybridized carbons (Fsp3) is 0. The largest absolute Gasteiger partial charge is 0.252 e. The van der Waals surface area contributed by atoms with E-state index in [2.05, 4.69) is 121 Å². The summed E-state index contributed by atoms with van der Waals surface area (Å²) in [6.45, 7) is 0. The summed E-state index contributed by atoms with van der Waals surface area (Å²) in [5.41, 5.74) is 6.74. The van der Waals surface area contributed by atoms with Crippen LogP contribution in [0.2, 0.25) is 0 Å². The average Bonchev–Trinajstić information content (AvgIpc) is 3.01. The van der Waals surface area contributed by atoms with Crippen LogP contribution in [0.5, 0.6) is 0 Å². The van der Waals surface area contributed by atoms with E-state index in [0.717, 1.165) is 21.8 Å². The highest BCUT2D eigenvalue weighted by atomic mass is 14.8. The van der Waals surface area contributed by atoms with Crippen LogP contribution in [0.15, 0.2) is 134 Å². The molecule has 0 aliphatic rings. The first kappa shape index (κ1) is 21.0. The maximum Gasteiger partial charge on any atom is 0.0971 e. The molecule has 0 atom stereocenters. The molecule has 0 N–H and O–H groups in total. The third kappa shape index (κ3) is 3.14. The molecule has 0 bridgehead atoms. The minimum Gasteiger partial charge on any atom is -0.252 e. The van der Waals surface area contributed by atoms with Gasteiger partial charge in [-0.25, -0.2) is 0 Å². The molecule has 0 saturated carbocycles. The van der Waals surface area contributed by atoms with Gasteiger partial charge in [-0.1, -0.05) is 109 Å². The third-order valence-electron chi connectivity index (χ3n) is 7.74. The minimum absolute atomic E-state index is 0.947. The highest BCUT2D eigenvalue weighted by Crippen LogP contribution is 2.38. The predicted molar refractivity (Wildman–Crippen MR) is 160 cm³/mol. The first-order valence-electron chi connectivity index (χ1n) is 12.9. The highest BCUT2D eigenvalue weighted by molar-refractivity contribution is 6.23. The second kappa shape index (κ2) is 8.22. The van der Waals surface area contributed by atoms with E-state index in [1.165, 1.54) is 54.6 Å². The Morgan fingerprint density at radius 2 is 0.868 bits per heavy atom. The summed E-state index contributed by atoms with van der Waals surface area (Å²) in [7, 11) is 0. The summed E-state index contributed by atoms with van der Waals surface area (Å²) in [6.07, 6.45) is 3.56. The van der Waals surface area contributed by atoms with Crippen LogP contribution in [-0.2, 0) is 0 Å². The van der Waals surface area contributed by atoms with Crippen LogP contribution >= 0.6 is 0 Å². The number of hydrogen-bond acceptors (Lipinski definition) is 2. The van der Waals surface area contributed by atoms with Gasteiger partial charge in [0.2, 0.25) is 0 Å². The summed E-state index contributed by atoms with van der Waals surface area (Å²) in [6, 6.07) is 43.8. The standard InChI is InChI=1S/C36H22N2/c1-2-8-27-26(7-1)22-33(30-11-4-3-9-28(27)30)24-15-13-23(14-16-24)25-17-18-31-29-10-5-6-12-32(29)35-36(34(31)21-25)38-20-19-37-35/h1-22H. The summed E-state index contributed by atoms with van der Waals surface area (Å²) in [5.74, 6) is 0. The van der Waals surface area contributed by atoms with E-state index < -0.39 is 0 Å². The van der Waals surface area contributed by atoms with Gasteiger partial charge in [-0.3, -0.25) is 9.97 Å². The Kier molecular flexibility index (Phi) is 4.55. The molecule has 176 valence electrons. The molecule has 1 aromatic heterocycles. The van der Waals surface area contributed by atoms with E-state index >= 15 is 0 Å². The number of nitrogens with zero attached hydrogens (tertiary/aromatic N) is 2. The van der Waals surface area contributed by atoms with Gasteiger partial charge in [-0.05, 0) is 66.7 Å². The van der Waals surface area contributed by atoms with Crippen LogP contribution in [0.1, 0.15) is 0 Å². The zero-order valence-electron chi connectivity index (χ0n) is 20.6. The van der Waals surface area contributed by atoms with E-state index in [1.807, 2.05) is 0 Å². The molecule has 8 aromatic rings. The van der Waals surface area contributed by atoms with Gasteiger partial charge in [-0.2, -0.15) is 0 Å². The molecule has 2 nitrogen and oxygen atoms in total. The van der Waals surface area contributed by atoms with Crippen molar-refractivity contribution in [2.75, 3.05) is 0 Å². The van der Waals surface area contributed by atoms with Gasteiger partial charge in [0.15, 0.2) is 0 Å². The van der Waals surface area contributed by atoms with Gasteiger partial charge >= 0.3 is 0 Å². The van der Waals surface area contributed by atoms with Crippen molar-refractivity contribution in [3.63, 3.8) is 0 Å². The molecule has 0 fully saturated rings. The van der Waals surface area contributed by atoms with Gasteiger partial charge in [-0.15, -0.1) is 0 Å². The Bertz CT molecular complexity index is 2140. The van der Waals surface area contributed by atoms with Crippen molar-refractivity contribution in [3.05, 3.63) is 134 Å². The maximum atomic E-state index is 4.74. The fourth-order valence-electron chi connectivity index (χ4n) is 5.95. The number of aromatic nitrogens is 2. The number of hydrogen-bond donors (Lipinski definition) is 0. The maximum absolute atomic E-state index is 4.74. The molecular formula is C36H22N2. The van der Waals surface area contributed by atoms with Crippen LogP contribution in [0.3, 0.4) is 0 Å². The van der Waals surface area contributed by atoms with Crippen molar-refractivity contribution in [2.45, 2.75) is 0 Å². The zero-order valence-corrected chi connectivity index (χ0v) is 20.6. The lowest BCUT2D eigenvalue weighted by Crippen LogP contribution is -1.89. The van der Waals surface area contributed by atoms with Gasteiger partial charge in [0.25, 0.3) is 0 Å². The Hall–Kier alpha value is -5.08. The lowest BCUT2D eigenvalue weighted by atomic mass is 9.92. The Balaban J connectivity index is 1.29. The minimum atomic E-state index is 0.947. The smallest absolute Gasteiger partial charge is 0.0971 e. The van der Waals surface area contributed by atoms with Crippen molar-refractivity contribution >= 4 is 54.1 Å². The van der Waals surface area contributed by atoms with Crippen LogP contribution in [0, 0.1) is 0 Å². The normalized spacial score (nSPS) is 11.7. The van der Waals surface area contributed by atoms with E-state index in [9.17, 15) is 0 Å². The lowest BCUT2D eigenvalue weighted by Gasteiger charge is -2.13. The SMILES string of the molecule is c1ccc2c(c1)cc(-c1ccc(-c3ccc4c5ccccc5c5nccnc5c4c3)cc1)c1ccccc12. The molecule has 1 heterocycles.